The Morgan fingerprint density at radius 2 is 1.00 bits per heavy atom. The summed E-state index contributed by atoms with van der Waals surface area (Å²) in [6.07, 6.45) is 21.6. The molecule has 5 aliphatic rings. The number of fused-ring (bicyclic) bond motifs is 2. The Labute approximate surface area is 618 Å². The van der Waals surface area contributed by atoms with Gasteiger partial charge in [0.2, 0.25) is 0 Å². The lowest BCUT2D eigenvalue weighted by atomic mass is 10.1. The molecule has 13 heterocycles. The number of rotatable bonds is 15. The van der Waals surface area contributed by atoms with Crippen LogP contribution in [0.2, 0.25) is 5.15 Å². The molecule has 31 nitrogen and oxygen atoms in total. The van der Waals surface area contributed by atoms with Crippen LogP contribution in [0.3, 0.4) is 0 Å². The van der Waals surface area contributed by atoms with Gasteiger partial charge in [-0.25, -0.2) is 34.9 Å². The predicted molar refractivity (Wildman–Crippen MR) is 407 cm³/mol. The van der Waals surface area contributed by atoms with Crippen molar-refractivity contribution in [3.8, 4) is 11.1 Å². The molecular formula is C72H86BrClN20O11. The summed E-state index contributed by atoms with van der Waals surface area (Å²) in [5.74, 6) is 3.52. The fourth-order valence-electron chi connectivity index (χ4n) is 11.4. The first-order chi connectivity index (χ1) is 51.0. The van der Waals surface area contributed by atoms with Gasteiger partial charge in [-0.1, -0.05) is 39.7 Å². The number of benzene rings is 2. The highest BCUT2D eigenvalue weighted by Crippen LogP contribution is 2.25. The number of nitrogens with one attached hydrogen (secondary N) is 6. The summed E-state index contributed by atoms with van der Waals surface area (Å²) in [6, 6.07) is 30.9. The molecular weight excluding hydrogens is 1440 g/mol. The summed E-state index contributed by atoms with van der Waals surface area (Å²) in [6.45, 7) is 8.05. The Balaban J connectivity index is 0.000000144. The van der Waals surface area contributed by atoms with E-state index in [2.05, 4.69) is 87.6 Å². The summed E-state index contributed by atoms with van der Waals surface area (Å²) in [4.78, 5) is 74.9. The van der Waals surface area contributed by atoms with Crippen LogP contribution in [-0.4, -0.2) is 160 Å². The van der Waals surface area contributed by atoms with Crippen molar-refractivity contribution in [3.63, 3.8) is 0 Å². The minimum absolute atomic E-state index is 0.0116. The first-order valence-electron chi connectivity index (χ1n) is 34.6. The molecule has 8 aromatic heterocycles. The summed E-state index contributed by atoms with van der Waals surface area (Å²) >= 11 is 8.81. The number of pyridine rings is 5. The molecule has 105 heavy (non-hydrogen) atoms. The van der Waals surface area contributed by atoms with Crippen molar-refractivity contribution in [3.05, 3.63) is 202 Å². The molecule has 10 N–H and O–H groups in total. The maximum atomic E-state index is 13.0. The second kappa shape index (κ2) is 39.6. The van der Waals surface area contributed by atoms with E-state index in [0.29, 0.717) is 59.5 Å². The van der Waals surface area contributed by atoms with Crippen LogP contribution < -0.4 is 49.2 Å². The van der Waals surface area contributed by atoms with Crippen molar-refractivity contribution in [2.24, 2.45) is 19.8 Å². The third-order valence-corrected chi connectivity index (χ3v) is 18.2. The van der Waals surface area contributed by atoms with Gasteiger partial charge >= 0.3 is 0 Å². The molecule has 0 bridgehead atoms. The molecule has 10 aromatic rings. The van der Waals surface area contributed by atoms with Crippen molar-refractivity contribution >= 4 is 101 Å². The van der Waals surface area contributed by atoms with Crippen molar-refractivity contribution < 1.29 is 33.5 Å². The molecule has 0 radical (unpaired) electrons. The maximum absolute atomic E-state index is 13.0. The van der Waals surface area contributed by atoms with Crippen LogP contribution in [0.1, 0.15) is 75.5 Å². The van der Waals surface area contributed by atoms with E-state index in [9.17, 15) is 29.8 Å². The van der Waals surface area contributed by atoms with Gasteiger partial charge in [-0.3, -0.25) is 34.9 Å². The molecule has 0 saturated carbocycles. The number of halogens is 2. The zero-order valence-corrected chi connectivity index (χ0v) is 60.6. The van der Waals surface area contributed by atoms with Crippen molar-refractivity contribution in [1.82, 2.24) is 54.2 Å². The van der Waals surface area contributed by atoms with Crippen molar-refractivity contribution in [2.45, 2.75) is 101 Å². The van der Waals surface area contributed by atoms with Gasteiger partial charge < -0.3 is 70.9 Å². The quantitative estimate of drug-likeness (QED) is 0.0268. The second-order valence-electron chi connectivity index (χ2n) is 25.2. The van der Waals surface area contributed by atoms with Gasteiger partial charge in [-0.05, 0) is 148 Å². The first-order valence-corrected chi connectivity index (χ1v) is 35.8. The van der Waals surface area contributed by atoms with Crippen LogP contribution in [0.15, 0.2) is 155 Å². The summed E-state index contributed by atoms with van der Waals surface area (Å²) in [7, 11) is 3.53. The number of nitrogen functional groups attached to an aromatic ring is 1. The highest BCUT2D eigenvalue weighted by Gasteiger charge is 2.20. The zero-order chi connectivity index (χ0) is 73.9. The van der Waals surface area contributed by atoms with Crippen LogP contribution >= 0.6 is 27.5 Å². The molecule has 15 rings (SSSR count). The lowest BCUT2D eigenvalue weighted by Crippen LogP contribution is -2.28. The van der Waals surface area contributed by atoms with Crippen LogP contribution in [0.25, 0.3) is 33.2 Å². The van der Waals surface area contributed by atoms with Gasteiger partial charge in [0.15, 0.2) is 5.82 Å². The predicted octanol–water partition coefficient (Wildman–Crippen LogP) is 10.9. The largest absolute Gasteiger partial charge is 0.397 e. The first kappa shape index (κ1) is 77.4. The van der Waals surface area contributed by atoms with Gasteiger partial charge in [-0.2, -0.15) is 5.10 Å². The maximum Gasteiger partial charge on any atom is 0.293 e. The molecule has 0 aliphatic carbocycles. The zero-order valence-electron chi connectivity index (χ0n) is 58.3. The van der Waals surface area contributed by atoms with E-state index >= 15 is 0 Å². The van der Waals surface area contributed by atoms with E-state index < -0.39 is 9.85 Å². The Kier molecular flexibility index (Phi) is 29.2. The van der Waals surface area contributed by atoms with Crippen LogP contribution in [0, 0.1) is 20.2 Å². The van der Waals surface area contributed by atoms with Gasteiger partial charge in [0.05, 0.1) is 61.9 Å². The number of aromatic amines is 1. The van der Waals surface area contributed by atoms with Gasteiger partial charge in [0.25, 0.3) is 22.5 Å². The highest BCUT2D eigenvalue weighted by atomic mass is 79.9. The normalized spacial score (nSPS) is 15.8. The monoisotopic (exact) mass is 1520 g/mol. The minimum Gasteiger partial charge on any atom is -0.397 e. The van der Waals surface area contributed by atoms with Crippen LogP contribution in [0.5, 0.6) is 0 Å². The Morgan fingerprint density at radius 1 is 0.533 bits per heavy atom. The second-order valence-corrected chi connectivity index (χ2v) is 26.5. The molecule has 5 aliphatic heterocycles. The Morgan fingerprint density at radius 3 is 1.45 bits per heavy atom. The lowest BCUT2D eigenvalue weighted by Gasteiger charge is -2.23. The van der Waals surface area contributed by atoms with Gasteiger partial charge in [0, 0.05) is 151 Å². The number of ether oxygens (including phenoxy) is 5. The minimum atomic E-state index is -0.524. The SMILES string of the molecule is Cn1c(=O)c(Cc2ccc(NC3CCOCC3)nc2)nc2ccc(-c3cn[nH]c3)cc21.Cn1c(=O)c(Nc2ccc(NC3CCOCC3)nc2)nc2ccc(Br)cc21.NC1CCOCC1.Nc1ccc(NC2CCOCC2)nc1.O=[N+]([O-])c1ccc(Cl)nc1.O=[N+]([O-])c1ccc(NC2CCOCC2)nc1. The molecule has 33 heteroatoms. The van der Waals surface area contributed by atoms with Crippen molar-refractivity contribution in [1.29, 1.82) is 0 Å². The number of aryl methyl sites for hydroxylation is 2. The standard InChI is InChI=1S/C23H24N6O2.C19H20BrN5O2.C10H13N3O3.C10H15N3O.C5H3ClN2O2.C5H11NO/c1-29-21-11-16(17-13-25-26-14-17)3-4-19(21)28-20(23(29)30)10-15-2-5-22(24-12-15)27-18-6-8-31-9-7-18;1-25-16-10-12(20)2-4-15(16)24-18(19(25)26)23-14-3-5-17(21-11-14)22-13-6-8-27-9-7-13;14-13(15)9-1-2-10(11-7-9)12-8-3-5-16-6-4-8;11-8-1-2-10(12-7-8)13-9-3-5-14-6-4-9;6-5-2-1-4(3-7-5)8(9)10;6-5-1-3-7-4-2-5/h2-5,11-14,18H,6-10H2,1H3,(H,24,27)(H,25,26);2-5,10-11,13H,6-9H2,1H3,(H,21,22)(H,23,24);1-2,7-8H,3-6H2,(H,11,12);1-2,7,9H,3-6,11H2,(H,12,13);1-3H;5H,1-4,6H2. The van der Waals surface area contributed by atoms with E-state index in [1.54, 1.807) is 47.9 Å². The lowest BCUT2D eigenvalue weighted by molar-refractivity contribution is -0.385. The van der Waals surface area contributed by atoms with E-state index in [4.69, 9.17) is 46.8 Å². The molecule has 0 amide bonds. The molecule has 5 fully saturated rings. The third kappa shape index (κ3) is 24.2. The average Bonchev–Trinajstić information content (AvgIpc) is 1.27. The average molecular weight is 1520 g/mol. The molecule has 0 unspecified atom stereocenters. The highest BCUT2D eigenvalue weighted by molar-refractivity contribution is 9.10. The molecule has 0 atom stereocenters. The number of nitro groups is 2. The fourth-order valence-corrected chi connectivity index (χ4v) is 11.9. The number of H-pyrrole nitrogens is 1. The number of hydrogen-bond acceptors (Lipinski definition) is 26. The topological polar surface area (TPSA) is 408 Å². The van der Waals surface area contributed by atoms with Crippen LogP contribution in [-0.2, 0) is 44.2 Å². The van der Waals surface area contributed by atoms with E-state index in [1.165, 1.54) is 24.4 Å². The summed E-state index contributed by atoms with van der Waals surface area (Å²) in [5.41, 5.74) is 18.7. The van der Waals surface area contributed by atoms with E-state index in [0.717, 1.165) is 197 Å². The number of nitrogens with zero attached hydrogens (tertiary/aromatic N) is 12. The Hall–Kier alpha value is -10.2. The van der Waals surface area contributed by atoms with Crippen molar-refractivity contribution in [2.75, 3.05) is 98.4 Å². The fraction of sp³-hybridized carbons (Fsp3) is 0.389. The van der Waals surface area contributed by atoms with E-state index in [-0.39, 0.29) is 33.5 Å². The molecule has 0 spiro atoms. The molecule has 2 aromatic carbocycles. The van der Waals surface area contributed by atoms with Gasteiger partial charge in [-0.15, -0.1) is 0 Å². The molecule has 554 valence electrons. The van der Waals surface area contributed by atoms with Crippen LogP contribution in [0.4, 0.5) is 51.8 Å². The Bertz CT molecular complexity index is 4480. The van der Waals surface area contributed by atoms with E-state index in [1.807, 2.05) is 85.2 Å². The number of hydrogen-bond donors (Lipinski definition) is 8. The summed E-state index contributed by atoms with van der Waals surface area (Å²) < 4.78 is 30.5. The van der Waals surface area contributed by atoms with Gasteiger partial charge in [0.1, 0.15) is 46.5 Å². The number of nitrogens with two attached hydrogens (primary N) is 2. The number of anilines is 7. The number of aromatic nitrogens is 11. The summed E-state index contributed by atoms with van der Waals surface area (Å²) in [5, 5.41) is 44.1. The smallest absolute Gasteiger partial charge is 0.293 e. The third-order valence-electron chi connectivity index (χ3n) is 17.5. The molecule has 5 saturated heterocycles.